The molecule has 0 aromatic heterocycles. The van der Waals surface area contributed by atoms with Crippen LogP contribution in [-0.4, -0.2) is 44.8 Å². The summed E-state index contributed by atoms with van der Waals surface area (Å²) in [4.78, 5) is 21.6. The highest BCUT2D eigenvalue weighted by Gasteiger charge is 2.00. The van der Waals surface area contributed by atoms with Crippen molar-refractivity contribution in [3.63, 3.8) is 0 Å². The van der Waals surface area contributed by atoms with Gasteiger partial charge in [-0.15, -0.1) is 0 Å². The minimum Gasteiger partial charge on any atom is -0.344 e. The van der Waals surface area contributed by atoms with Crippen LogP contribution in [0.4, 0.5) is 0 Å². The fraction of sp³-hybridized carbons (Fsp3) is 1.00. The quantitative estimate of drug-likeness (QED) is 0.188. The molecule has 15 nitrogen and oxygen atoms in total. The number of nitrogens with two attached hydrogens (primary N) is 2. The van der Waals surface area contributed by atoms with Crippen molar-refractivity contribution < 1.29 is 36.8 Å². The van der Waals surface area contributed by atoms with Gasteiger partial charge in [-0.3, -0.25) is 9.11 Å². The van der Waals surface area contributed by atoms with E-state index in [-0.39, 0.29) is 36.8 Å². The lowest BCUT2D eigenvalue weighted by Gasteiger charge is -1.92. The topological polar surface area (TPSA) is 379 Å². The van der Waals surface area contributed by atoms with Crippen LogP contribution in [0.1, 0.15) is 6.92 Å². The largest absolute Gasteiger partial charge is 0.466 e. The highest BCUT2D eigenvalue weighted by atomic mass is 32.3. The Labute approximate surface area is 117 Å². The second-order valence-corrected chi connectivity index (χ2v) is 4.10. The molecule has 0 saturated heterocycles. The van der Waals surface area contributed by atoms with Crippen molar-refractivity contribution in [2.24, 2.45) is 11.5 Å². The zero-order valence-corrected chi connectivity index (χ0v) is 13.0. The molecule has 1 unspecified atom stereocenters. The molecule has 0 radical (unpaired) electrons. The van der Waals surface area contributed by atoms with Crippen molar-refractivity contribution in [1.29, 1.82) is 0 Å². The highest BCUT2D eigenvalue weighted by Crippen LogP contribution is 2.25. The lowest BCUT2D eigenvalue weighted by molar-refractivity contribution is 0.275. The van der Waals surface area contributed by atoms with E-state index >= 15 is 0 Å². The second kappa shape index (κ2) is 23.8. The van der Waals surface area contributed by atoms with Crippen molar-refractivity contribution in [3.05, 3.63) is 0 Å². The van der Waals surface area contributed by atoms with Gasteiger partial charge in [-0.05, 0) is 6.92 Å². The van der Waals surface area contributed by atoms with Crippen molar-refractivity contribution in [3.8, 4) is 0 Å². The fourth-order valence-electron chi connectivity index (χ4n) is 0. The van der Waals surface area contributed by atoms with Gasteiger partial charge in [0.1, 0.15) is 0 Å². The van der Waals surface area contributed by atoms with Gasteiger partial charge in [-0.25, -0.2) is 4.57 Å². The third-order valence-corrected chi connectivity index (χ3v) is 0.372. The van der Waals surface area contributed by atoms with Gasteiger partial charge in [0.15, 0.2) is 0 Å². The predicted octanol–water partition coefficient (Wildman–Crippen LogP) is -1.48. The van der Waals surface area contributed by atoms with E-state index in [1.807, 2.05) is 6.92 Å². The van der Waals surface area contributed by atoms with Crippen LogP contribution >= 0.6 is 7.82 Å². The van der Waals surface area contributed by atoms with E-state index in [9.17, 15) is 0 Å². The van der Waals surface area contributed by atoms with Crippen molar-refractivity contribution >= 4 is 18.2 Å². The minimum atomic E-state index is -4.67. The summed E-state index contributed by atoms with van der Waals surface area (Å²) >= 11 is 0. The van der Waals surface area contributed by atoms with E-state index in [0.29, 0.717) is 6.54 Å². The lowest BCUT2D eigenvalue weighted by Crippen LogP contribution is -2.25. The van der Waals surface area contributed by atoms with Gasteiger partial charge in [-0.1, -0.05) is 0 Å². The van der Waals surface area contributed by atoms with Gasteiger partial charge in [0.25, 0.3) is 0 Å². The molecule has 0 amide bonds. The SMILES string of the molecule is CC(N)CN.N.N.N.N.N.O=P(O)(O)O.O=S(=O)(O)O. The zero-order valence-electron chi connectivity index (χ0n) is 11.3. The molecule has 20 heavy (non-hydrogen) atoms. The molecule has 0 aliphatic carbocycles. The standard InChI is InChI=1S/C3H10N2.5H3N.H3O4P.H2O4S/c1-3(5)2-4;;;;;;2*1-5(2,3)4/h3H,2,4-5H2,1H3;5*1H3;(H3,1,2,3,4);(H2,1,2,3,4). The minimum absolute atomic E-state index is 0. The normalized spacial score (nSPS) is 9.60. The van der Waals surface area contributed by atoms with E-state index in [4.69, 9.17) is 48.2 Å². The number of hydrogen-bond acceptors (Lipinski definition) is 10. The van der Waals surface area contributed by atoms with Gasteiger partial charge in [0.05, 0.1) is 0 Å². The smallest absolute Gasteiger partial charge is 0.344 e. The molecule has 0 spiro atoms. The molecule has 0 bridgehead atoms. The molecule has 0 aromatic rings. The summed E-state index contributed by atoms with van der Waals surface area (Å²) in [6.07, 6.45) is 0. The van der Waals surface area contributed by atoms with Crippen LogP contribution in [0.15, 0.2) is 0 Å². The first-order valence-corrected chi connectivity index (χ1v) is 6.17. The summed E-state index contributed by atoms with van der Waals surface area (Å²) in [5, 5.41) is 0. The Morgan fingerprint density at radius 2 is 1.05 bits per heavy atom. The van der Waals surface area contributed by atoms with Crippen molar-refractivity contribution in [2.45, 2.75) is 13.0 Å². The summed E-state index contributed by atoms with van der Waals surface area (Å²) < 4.78 is 40.5. The Morgan fingerprint density at radius 3 is 1.05 bits per heavy atom. The summed E-state index contributed by atoms with van der Waals surface area (Å²) in [7, 11) is -9.31. The molecule has 0 aliphatic rings. The summed E-state index contributed by atoms with van der Waals surface area (Å²) in [6.45, 7) is 2.46. The Bertz CT molecular complexity index is 264. The van der Waals surface area contributed by atoms with Gasteiger partial charge in [0.2, 0.25) is 0 Å². The average Bonchev–Trinajstić information content (AvgIpc) is 1.79. The number of rotatable bonds is 1. The van der Waals surface area contributed by atoms with Crippen LogP contribution in [0.2, 0.25) is 0 Å². The van der Waals surface area contributed by atoms with E-state index in [1.165, 1.54) is 0 Å². The third kappa shape index (κ3) is 1710. The van der Waals surface area contributed by atoms with Crippen molar-refractivity contribution in [2.75, 3.05) is 6.54 Å². The maximum absolute atomic E-state index is 8.88. The van der Waals surface area contributed by atoms with Crippen molar-refractivity contribution in [1.82, 2.24) is 30.8 Å². The molecule has 0 rings (SSSR count). The van der Waals surface area contributed by atoms with E-state index in [2.05, 4.69) is 0 Å². The lowest BCUT2D eigenvalue weighted by atomic mass is 10.4. The van der Waals surface area contributed by atoms with Gasteiger partial charge < -0.3 is 56.9 Å². The molecule has 24 N–H and O–H groups in total. The molecule has 136 valence electrons. The van der Waals surface area contributed by atoms with Crippen LogP contribution in [-0.2, 0) is 15.0 Å². The molecule has 17 heteroatoms. The third-order valence-electron chi connectivity index (χ3n) is 0.372. The highest BCUT2D eigenvalue weighted by molar-refractivity contribution is 7.79. The van der Waals surface area contributed by atoms with Gasteiger partial charge in [-0.2, -0.15) is 8.42 Å². The summed E-state index contributed by atoms with van der Waals surface area (Å²) in [5.74, 6) is 0. The van der Waals surface area contributed by atoms with Gasteiger partial charge >= 0.3 is 18.2 Å². The molecular weight excluding hydrogens is 325 g/mol. The molecule has 0 aliphatic heterocycles. The van der Waals surface area contributed by atoms with Crippen LogP contribution in [0, 0.1) is 0 Å². The molecule has 1 atom stereocenters. The van der Waals surface area contributed by atoms with Crippen LogP contribution in [0.25, 0.3) is 0 Å². The summed E-state index contributed by atoms with van der Waals surface area (Å²) in [6, 6.07) is 0.162. The molecule has 0 fully saturated rings. The van der Waals surface area contributed by atoms with E-state index < -0.39 is 18.2 Å². The van der Waals surface area contributed by atoms with E-state index in [0.717, 1.165) is 0 Å². The number of hydrogen-bond donors (Lipinski definition) is 12. The summed E-state index contributed by atoms with van der Waals surface area (Å²) in [5.41, 5.74) is 10.2. The van der Waals surface area contributed by atoms with Gasteiger partial charge in [0, 0.05) is 12.6 Å². The van der Waals surface area contributed by atoms with Crippen LogP contribution in [0.3, 0.4) is 0 Å². The van der Waals surface area contributed by atoms with E-state index in [1.54, 1.807) is 0 Å². The second-order valence-electron chi connectivity index (χ2n) is 2.17. The fourth-order valence-corrected chi connectivity index (χ4v) is 0. The maximum atomic E-state index is 8.88. The van der Waals surface area contributed by atoms with Crippen LogP contribution in [0.5, 0.6) is 0 Å². The first-order valence-electron chi connectivity index (χ1n) is 3.21. The first kappa shape index (κ1) is 50.3. The molecule has 0 heterocycles. The average molecular weight is 355 g/mol. The first-order chi connectivity index (χ1) is 6.27. The maximum Gasteiger partial charge on any atom is 0.466 e. The molecule has 0 aromatic carbocycles. The predicted molar refractivity (Wildman–Crippen MR) is 76.3 cm³/mol. The van der Waals surface area contributed by atoms with Crippen LogP contribution < -0.4 is 42.2 Å². The Kier molecular flexibility index (Phi) is 59.8. The molecular formula is C3H30N7O8PS. The Hall–Kier alpha value is -0.300. The Morgan fingerprint density at radius 1 is 1.00 bits per heavy atom. The Balaban J connectivity index is -0.0000000160. The number of phosphoric acid groups is 1. The monoisotopic (exact) mass is 355 g/mol. The zero-order chi connectivity index (χ0) is 13.3. The molecule has 0 saturated carbocycles.